The van der Waals surface area contributed by atoms with Gasteiger partial charge >= 0.3 is 0 Å². The van der Waals surface area contributed by atoms with Crippen molar-refractivity contribution in [3.63, 3.8) is 0 Å². The third-order valence-corrected chi connectivity index (χ3v) is 5.30. The second kappa shape index (κ2) is 4.47. The SMILES string of the molecule is O=[N+]([O-])c1cc(F)ccc1S(=O)(=O)NC1C2CNCC21. The van der Waals surface area contributed by atoms with E-state index < -0.39 is 31.3 Å². The Bertz CT molecular complexity index is 668. The Labute approximate surface area is 114 Å². The highest BCUT2D eigenvalue weighted by atomic mass is 32.2. The lowest BCUT2D eigenvalue weighted by molar-refractivity contribution is -0.388. The Morgan fingerprint density at radius 2 is 2.00 bits per heavy atom. The van der Waals surface area contributed by atoms with E-state index >= 15 is 0 Å². The van der Waals surface area contributed by atoms with Crippen LogP contribution in [0.2, 0.25) is 0 Å². The molecule has 1 aliphatic heterocycles. The highest BCUT2D eigenvalue weighted by Gasteiger charge is 2.54. The number of nitro benzene ring substituents is 1. The molecule has 0 amide bonds. The summed E-state index contributed by atoms with van der Waals surface area (Å²) in [5.41, 5.74) is -0.749. The number of sulfonamides is 1. The number of halogens is 1. The van der Waals surface area contributed by atoms with Gasteiger partial charge in [0.1, 0.15) is 5.82 Å². The van der Waals surface area contributed by atoms with Gasteiger partial charge in [-0.1, -0.05) is 0 Å². The van der Waals surface area contributed by atoms with E-state index in [1.54, 1.807) is 0 Å². The molecule has 1 aromatic rings. The van der Waals surface area contributed by atoms with Gasteiger partial charge in [0.2, 0.25) is 10.0 Å². The molecule has 0 aromatic heterocycles. The van der Waals surface area contributed by atoms with Crippen molar-refractivity contribution in [2.45, 2.75) is 10.9 Å². The van der Waals surface area contributed by atoms with Crippen LogP contribution in [-0.4, -0.2) is 32.5 Å². The van der Waals surface area contributed by atoms with Gasteiger partial charge in [-0.05, 0) is 37.1 Å². The molecule has 2 fully saturated rings. The predicted octanol–water partition coefficient (Wildman–Crippen LogP) is 0.230. The maximum Gasteiger partial charge on any atom is 0.292 e. The molecule has 7 nitrogen and oxygen atoms in total. The van der Waals surface area contributed by atoms with Crippen LogP contribution in [0.4, 0.5) is 10.1 Å². The highest BCUT2D eigenvalue weighted by Crippen LogP contribution is 2.42. The normalized spacial score (nSPS) is 28.1. The lowest BCUT2D eigenvalue weighted by atomic mass is 10.3. The fraction of sp³-hybridized carbons (Fsp3) is 0.455. The van der Waals surface area contributed by atoms with E-state index in [1.165, 1.54) is 0 Å². The second-order valence-electron chi connectivity index (χ2n) is 5.00. The number of rotatable bonds is 4. The molecular weight excluding hydrogens is 289 g/mol. The smallest absolute Gasteiger partial charge is 0.292 e. The van der Waals surface area contributed by atoms with Gasteiger partial charge < -0.3 is 5.32 Å². The molecule has 2 unspecified atom stereocenters. The van der Waals surface area contributed by atoms with Crippen molar-refractivity contribution in [3.8, 4) is 0 Å². The standard InChI is InChI=1S/C11H12FN3O4S/c12-6-1-2-10(9(3-6)15(16)17)20(18,19)14-11-7-4-13-5-8(7)11/h1-3,7-8,11,13-14H,4-5H2. The average Bonchev–Trinajstić information content (AvgIpc) is 2.82. The minimum atomic E-state index is -4.02. The number of hydrogen-bond acceptors (Lipinski definition) is 5. The first-order chi connectivity index (χ1) is 9.40. The minimum Gasteiger partial charge on any atom is -0.316 e. The van der Waals surface area contributed by atoms with E-state index in [2.05, 4.69) is 10.0 Å². The van der Waals surface area contributed by atoms with Gasteiger partial charge in [0.25, 0.3) is 5.69 Å². The van der Waals surface area contributed by atoms with Crippen LogP contribution < -0.4 is 10.0 Å². The molecule has 1 saturated carbocycles. The van der Waals surface area contributed by atoms with Crippen molar-refractivity contribution in [3.05, 3.63) is 34.1 Å². The molecule has 2 N–H and O–H groups in total. The van der Waals surface area contributed by atoms with E-state index in [4.69, 9.17) is 0 Å². The maximum atomic E-state index is 13.0. The van der Waals surface area contributed by atoms with Gasteiger partial charge in [-0.25, -0.2) is 17.5 Å². The summed E-state index contributed by atoms with van der Waals surface area (Å²) in [7, 11) is -4.02. The third kappa shape index (κ3) is 2.17. The average molecular weight is 301 g/mol. The number of nitrogens with zero attached hydrogens (tertiary/aromatic N) is 1. The fourth-order valence-electron chi connectivity index (χ4n) is 2.70. The summed E-state index contributed by atoms with van der Waals surface area (Å²) in [5, 5.41) is 14.0. The Kier molecular flexibility index (Phi) is 3.00. The molecule has 0 bridgehead atoms. The molecule has 1 aromatic carbocycles. The Morgan fingerprint density at radius 3 is 2.60 bits per heavy atom. The molecule has 1 saturated heterocycles. The van der Waals surface area contributed by atoms with Crippen LogP contribution >= 0.6 is 0 Å². The first-order valence-electron chi connectivity index (χ1n) is 6.07. The van der Waals surface area contributed by atoms with E-state index in [-0.39, 0.29) is 17.9 Å². The van der Waals surface area contributed by atoms with Gasteiger partial charge in [0.15, 0.2) is 4.90 Å². The summed E-state index contributed by atoms with van der Waals surface area (Å²) in [5.74, 6) is -0.364. The molecule has 0 spiro atoms. The minimum absolute atomic E-state index is 0.189. The molecule has 1 heterocycles. The molecule has 108 valence electrons. The summed E-state index contributed by atoms with van der Waals surface area (Å²) in [6.07, 6.45) is 0. The molecule has 1 aliphatic carbocycles. The molecule has 2 aliphatic rings. The van der Waals surface area contributed by atoms with Crippen LogP contribution in [-0.2, 0) is 10.0 Å². The maximum absolute atomic E-state index is 13.0. The predicted molar refractivity (Wildman–Crippen MR) is 67.0 cm³/mol. The Balaban J connectivity index is 1.89. The van der Waals surface area contributed by atoms with Gasteiger partial charge in [0, 0.05) is 6.04 Å². The highest BCUT2D eigenvalue weighted by molar-refractivity contribution is 7.89. The van der Waals surface area contributed by atoms with Crippen LogP contribution in [0, 0.1) is 27.8 Å². The molecule has 2 atom stereocenters. The van der Waals surface area contributed by atoms with Crippen molar-refractivity contribution in [1.82, 2.24) is 10.0 Å². The topological polar surface area (TPSA) is 101 Å². The monoisotopic (exact) mass is 301 g/mol. The van der Waals surface area contributed by atoms with E-state index in [1.807, 2.05) is 0 Å². The van der Waals surface area contributed by atoms with Crippen LogP contribution in [0.5, 0.6) is 0 Å². The summed E-state index contributed by atoms with van der Waals surface area (Å²) in [6, 6.07) is 2.25. The Morgan fingerprint density at radius 1 is 1.35 bits per heavy atom. The van der Waals surface area contributed by atoms with Crippen LogP contribution in [0.15, 0.2) is 23.1 Å². The van der Waals surface area contributed by atoms with Crippen LogP contribution in [0.25, 0.3) is 0 Å². The molecular formula is C11H12FN3O4S. The number of nitro groups is 1. The zero-order valence-electron chi connectivity index (χ0n) is 10.2. The van der Waals surface area contributed by atoms with Crippen LogP contribution in [0.1, 0.15) is 0 Å². The quantitative estimate of drug-likeness (QED) is 0.612. The number of fused-ring (bicyclic) bond motifs is 1. The van der Waals surface area contributed by atoms with Crippen molar-refractivity contribution in [1.29, 1.82) is 0 Å². The lowest BCUT2D eigenvalue weighted by Crippen LogP contribution is -2.32. The largest absolute Gasteiger partial charge is 0.316 e. The number of benzene rings is 1. The van der Waals surface area contributed by atoms with E-state index in [9.17, 15) is 22.9 Å². The molecule has 0 radical (unpaired) electrons. The van der Waals surface area contributed by atoms with E-state index in [0.717, 1.165) is 25.2 Å². The van der Waals surface area contributed by atoms with E-state index in [0.29, 0.717) is 6.07 Å². The second-order valence-corrected chi connectivity index (χ2v) is 6.68. The van der Waals surface area contributed by atoms with Gasteiger partial charge in [-0.2, -0.15) is 0 Å². The van der Waals surface area contributed by atoms with Crippen molar-refractivity contribution in [2.75, 3.05) is 13.1 Å². The fourth-order valence-corrected chi connectivity index (χ4v) is 4.19. The molecule has 9 heteroatoms. The van der Waals surface area contributed by atoms with Gasteiger partial charge in [-0.3, -0.25) is 10.1 Å². The van der Waals surface area contributed by atoms with Crippen molar-refractivity contribution in [2.24, 2.45) is 11.8 Å². The third-order valence-electron chi connectivity index (χ3n) is 3.79. The Hall–Kier alpha value is -1.58. The summed E-state index contributed by atoms with van der Waals surface area (Å²) < 4.78 is 39.9. The first kappa shape index (κ1) is 13.4. The zero-order chi connectivity index (χ0) is 14.5. The van der Waals surface area contributed by atoms with Gasteiger partial charge in [0.05, 0.1) is 11.0 Å². The summed E-state index contributed by atoms with van der Waals surface area (Å²) in [6.45, 7) is 1.48. The number of nitrogens with one attached hydrogen (secondary N) is 2. The lowest BCUT2D eigenvalue weighted by Gasteiger charge is -2.09. The number of piperidine rings is 1. The molecule has 20 heavy (non-hydrogen) atoms. The molecule has 3 rings (SSSR count). The number of hydrogen-bond donors (Lipinski definition) is 2. The van der Waals surface area contributed by atoms with Gasteiger partial charge in [-0.15, -0.1) is 0 Å². The summed E-state index contributed by atoms with van der Waals surface area (Å²) >= 11 is 0. The first-order valence-corrected chi connectivity index (χ1v) is 7.55. The van der Waals surface area contributed by atoms with Crippen molar-refractivity contribution >= 4 is 15.7 Å². The van der Waals surface area contributed by atoms with Crippen LogP contribution in [0.3, 0.4) is 0 Å². The van der Waals surface area contributed by atoms with Crippen molar-refractivity contribution < 1.29 is 17.7 Å². The zero-order valence-corrected chi connectivity index (χ0v) is 11.1. The summed E-state index contributed by atoms with van der Waals surface area (Å²) in [4.78, 5) is 9.46.